The fraction of sp³-hybridized carbons (Fsp3) is 0.250. The first kappa shape index (κ1) is 23.2. The predicted molar refractivity (Wildman–Crippen MR) is 130 cm³/mol. The average molecular weight is 457 g/mol. The molecule has 1 amide bonds. The van der Waals surface area contributed by atoms with Crippen LogP contribution >= 0.6 is 0 Å². The van der Waals surface area contributed by atoms with Crippen LogP contribution < -0.4 is 4.74 Å². The summed E-state index contributed by atoms with van der Waals surface area (Å²) in [6, 6.07) is 19.6. The summed E-state index contributed by atoms with van der Waals surface area (Å²) in [6.45, 7) is 3.00. The van der Waals surface area contributed by atoms with E-state index in [4.69, 9.17) is 4.74 Å². The lowest BCUT2D eigenvalue weighted by molar-refractivity contribution is -0.139. The molecule has 0 aliphatic carbocycles. The largest absolute Gasteiger partial charge is 0.507 e. The molecule has 1 unspecified atom stereocenters. The number of ketones is 1. The summed E-state index contributed by atoms with van der Waals surface area (Å²) < 4.78 is 5.76. The number of rotatable bonds is 9. The van der Waals surface area contributed by atoms with Crippen molar-refractivity contribution >= 4 is 17.4 Å². The number of carbonyl (C=O) groups is 2. The van der Waals surface area contributed by atoms with Crippen molar-refractivity contribution in [1.29, 1.82) is 0 Å². The van der Waals surface area contributed by atoms with Gasteiger partial charge in [-0.25, -0.2) is 0 Å². The maximum Gasteiger partial charge on any atom is 0.295 e. The molecule has 6 nitrogen and oxygen atoms in total. The van der Waals surface area contributed by atoms with Gasteiger partial charge in [0.2, 0.25) is 0 Å². The molecule has 1 aliphatic rings. The van der Waals surface area contributed by atoms with E-state index in [1.165, 1.54) is 4.90 Å². The van der Waals surface area contributed by atoms with Gasteiger partial charge in [-0.2, -0.15) is 0 Å². The minimum atomic E-state index is -0.698. The Labute approximate surface area is 199 Å². The Hall–Kier alpha value is -3.93. The number of likely N-dealkylation sites (tertiary alicyclic amines) is 1. The first-order valence-corrected chi connectivity index (χ1v) is 11.6. The van der Waals surface area contributed by atoms with Crippen LogP contribution in [0, 0.1) is 0 Å². The van der Waals surface area contributed by atoms with Crippen molar-refractivity contribution in [3.8, 4) is 5.75 Å². The fourth-order valence-corrected chi connectivity index (χ4v) is 4.12. The number of aliphatic hydroxyl groups excluding tert-OH is 1. The second-order valence-corrected chi connectivity index (χ2v) is 8.24. The van der Waals surface area contributed by atoms with Crippen LogP contribution in [0.1, 0.15) is 42.5 Å². The van der Waals surface area contributed by atoms with Crippen LogP contribution in [0.15, 0.2) is 84.7 Å². The SMILES string of the molecule is CCCCOc1cccc(/C(O)=C2\C(=O)C(=O)N(CCc3ccccc3)C2c2ccncc2)c1. The summed E-state index contributed by atoms with van der Waals surface area (Å²) in [7, 11) is 0. The standard InChI is InChI=1S/C28H28N2O4/c1-2-3-18-34-23-11-7-10-22(19-23)26(31)24-25(21-12-15-29-16-13-21)30(28(33)27(24)32)17-14-20-8-5-4-6-9-20/h4-13,15-16,19,25,31H,2-3,14,17-18H2,1H3/b26-24+. The van der Waals surface area contributed by atoms with Gasteiger partial charge < -0.3 is 14.7 Å². The topological polar surface area (TPSA) is 79.7 Å². The summed E-state index contributed by atoms with van der Waals surface area (Å²) in [5.74, 6) is -0.904. The molecule has 1 saturated heterocycles. The highest BCUT2D eigenvalue weighted by Crippen LogP contribution is 2.39. The van der Waals surface area contributed by atoms with Crippen molar-refractivity contribution in [3.63, 3.8) is 0 Å². The number of benzene rings is 2. The Morgan fingerprint density at radius 3 is 2.53 bits per heavy atom. The van der Waals surface area contributed by atoms with E-state index in [-0.39, 0.29) is 11.3 Å². The molecule has 1 fully saturated rings. The lowest BCUT2D eigenvalue weighted by atomic mass is 9.95. The van der Waals surface area contributed by atoms with Crippen LogP contribution in [-0.4, -0.2) is 39.8 Å². The number of nitrogens with zero attached hydrogens (tertiary/aromatic N) is 2. The molecule has 6 heteroatoms. The molecule has 4 rings (SSSR count). The third-order valence-electron chi connectivity index (χ3n) is 5.92. The van der Waals surface area contributed by atoms with E-state index in [1.54, 1.807) is 42.7 Å². The van der Waals surface area contributed by atoms with Crippen molar-refractivity contribution in [2.45, 2.75) is 32.2 Å². The van der Waals surface area contributed by atoms with Gasteiger partial charge in [0.25, 0.3) is 11.7 Å². The summed E-state index contributed by atoms with van der Waals surface area (Å²) in [4.78, 5) is 31.9. The van der Waals surface area contributed by atoms with E-state index in [2.05, 4.69) is 11.9 Å². The van der Waals surface area contributed by atoms with E-state index in [9.17, 15) is 14.7 Å². The monoisotopic (exact) mass is 456 g/mol. The number of hydrogen-bond donors (Lipinski definition) is 1. The van der Waals surface area contributed by atoms with Gasteiger partial charge in [-0.3, -0.25) is 14.6 Å². The van der Waals surface area contributed by atoms with Crippen LogP contribution in [0.4, 0.5) is 0 Å². The van der Waals surface area contributed by atoms with Gasteiger partial charge in [0.05, 0.1) is 18.2 Å². The number of amides is 1. The molecule has 0 radical (unpaired) electrons. The number of pyridine rings is 1. The smallest absolute Gasteiger partial charge is 0.295 e. The van der Waals surface area contributed by atoms with Crippen molar-refractivity contribution < 1.29 is 19.4 Å². The molecule has 0 bridgehead atoms. The number of carbonyl (C=O) groups excluding carboxylic acids is 2. The minimum absolute atomic E-state index is 0.0787. The number of hydrogen-bond acceptors (Lipinski definition) is 5. The third kappa shape index (κ3) is 5.01. The van der Waals surface area contributed by atoms with E-state index >= 15 is 0 Å². The van der Waals surface area contributed by atoms with E-state index < -0.39 is 17.7 Å². The Bertz CT molecular complexity index is 1180. The van der Waals surface area contributed by atoms with Crippen molar-refractivity contribution in [2.75, 3.05) is 13.2 Å². The highest BCUT2D eigenvalue weighted by molar-refractivity contribution is 6.46. The normalized spacial score (nSPS) is 17.2. The third-order valence-corrected chi connectivity index (χ3v) is 5.92. The molecule has 1 atom stereocenters. The Balaban J connectivity index is 1.71. The molecule has 174 valence electrons. The zero-order chi connectivity index (χ0) is 23.9. The molecular weight excluding hydrogens is 428 g/mol. The molecule has 2 heterocycles. The minimum Gasteiger partial charge on any atom is -0.507 e. The average Bonchev–Trinajstić information content (AvgIpc) is 3.13. The Kier molecular flexibility index (Phi) is 7.38. The number of aliphatic hydroxyl groups is 1. The predicted octanol–water partition coefficient (Wildman–Crippen LogP) is 4.92. The second-order valence-electron chi connectivity index (χ2n) is 8.24. The zero-order valence-electron chi connectivity index (χ0n) is 19.2. The highest BCUT2D eigenvalue weighted by atomic mass is 16.5. The molecule has 1 aromatic heterocycles. The quantitative estimate of drug-likeness (QED) is 0.214. The van der Waals surface area contributed by atoms with Gasteiger partial charge in [0.1, 0.15) is 11.5 Å². The second kappa shape index (κ2) is 10.8. The van der Waals surface area contributed by atoms with Crippen molar-refractivity contribution in [2.24, 2.45) is 0 Å². The molecule has 0 saturated carbocycles. The summed E-state index contributed by atoms with van der Waals surface area (Å²) >= 11 is 0. The molecule has 0 spiro atoms. The molecule has 3 aromatic rings. The van der Waals surface area contributed by atoms with Crippen LogP contribution in [0.3, 0.4) is 0 Å². The first-order chi connectivity index (χ1) is 16.6. The van der Waals surface area contributed by atoms with Gasteiger partial charge in [-0.05, 0) is 48.2 Å². The van der Waals surface area contributed by atoms with Gasteiger partial charge in [-0.1, -0.05) is 55.8 Å². The van der Waals surface area contributed by atoms with Gasteiger partial charge in [0.15, 0.2) is 0 Å². The molecule has 34 heavy (non-hydrogen) atoms. The summed E-state index contributed by atoms with van der Waals surface area (Å²) in [5, 5.41) is 11.2. The molecule has 1 N–H and O–H groups in total. The Morgan fingerprint density at radius 2 is 1.79 bits per heavy atom. The number of aromatic nitrogens is 1. The molecule has 1 aliphatic heterocycles. The van der Waals surface area contributed by atoms with Crippen LogP contribution in [0.25, 0.3) is 5.76 Å². The van der Waals surface area contributed by atoms with Crippen LogP contribution in [-0.2, 0) is 16.0 Å². The summed E-state index contributed by atoms with van der Waals surface area (Å²) in [6.07, 6.45) is 5.77. The van der Waals surface area contributed by atoms with E-state index in [0.717, 1.165) is 24.0 Å². The maximum absolute atomic E-state index is 13.2. The zero-order valence-corrected chi connectivity index (χ0v) is 19.2. The van der Waals surface area contributed by atoms with Crippen molar-refractivity contribution in [3.05, 3.63) is 101 Å². The molecule has 2 aromatic carbocycles. The van der Waals surface area contributed by atoms with Gasteiger partial charge in [0, 0.05) is 24.5 Å². The first-order valence-electron chi connectivity index (χ1n) is 11.6. The maximum atomic E-state index is 13.2. The van der Waals surface area contributed by atoms with E-state index in [1.807, 2.05) is 36.4 Å². The lowest BCUT2D eigenvalue weighted by Crippen LogP contribution is -2.31. The lowest BCUT2D eigenvalue weighted by Gasteiger charge is -2.25. The number of unbranched alkanes of at least 4 members (excludes halogenated alkanes) is 1. The van der Waals surface area contributed by atoms with Crippen LogP contribution in [0.2, 0.25) is 0 Å². The fourth-order valence-electron chi connectivity index (χ4n) is 4.12. The molecular formula is C28H28N2O4. The number of ether oxygens (including phenoxy) is 1. The van der Waals surface area contributed by atoms with Crippen molar-refractivity contribution in [1.82, 2.24) is 9.88 Å². The highest BCUT2D eigenvalue weighted by Gasteiger charge is 2.45. The van der Waals surface area contributed by atoms with E-state index in [0.29, 0.717) is 30.9 Å². The van der Waals surface area contributed by atoms with Gasteiger partial charge >= 0.3 is 0 Å². The summed E-state index contributed by atoms with van der Waals surface area (Å²) in [5.41, 5.74) is 2.30. The Morgan fingerprint density at radius 1 is 1.03 bits per heavy atom. The van der Waals surface area contributed by atoms with Crippen LogP contribution in [0.5, 0.6) is 5.75 Å². The number of Topliss-reactive ketones (excluding diaryl/α,β-unsaturated/α-hetero) is 1. The van der Waals surface area contributed by atoms with Gasteiger partial charge in [-0.15, -0.1) is 0 Å².